The highest BCUT2D eigenvalue weighted by Gasteiger charge is 2.25. The Morgan fingerprint density at radius 3 is 3.10 bits per heavy atom. The van der Waals surface area contributed by atoms with E-state index in [9.17, 15) is 9.18 Å². The fraction of sp³-hybridized carbons (Fsp3) is 0.400. The average Bonchev–Trinajstić information content (AvgIpc) is 3.08. The number of ether oxygens (including phenoxy) is 1. The largest absolute Gasteiger partial charge is 0.397 e. The summed E-state index contributed by atoms with van der Waals surface area (Å²) in [6.45, 7) is 2.67. The fourth-order valence-corrected chi connectivity index (χ4v) is 3.63. The van der Waals surface area contributed by atoms with Crippen LogP contribution in [0.25, 0.3) is 10.1 Å². The summed E-state index contributed by atoms with van der Waals surface area (Å²) in [7, 11) is 0. The topological polar surface area (TPSA) is 64.4 Å². The first-order valence-corrected chi connectivity index (χ1v) is 7.78. The quantitative estimate of drug-likeness (QED) is 0.916. The molecule has 2 atom stereocenters. The molecule has 6 heteroatoms. The van der Waals surface area contributed by atoms with Crippen molar-refractivity contribution in [3.63, 3.8) is 0 Å². The lowest BCUT2D eigenvalue weighted by Crippen LogP contribution is -2.40. The normalized spacial score (nSPS) is 19.8. The number of carbonyl (C=O) groups excluding carboxylic acids is 1. The van der Waals surface area contributed by atoms with E-state index in [1.807, 2.05) is 6.92 Å². The lowest BCUT2D eigenvalue weighted by Gasteiger charge is -2.19. The molecule has 0 radical (unpaired) electrons. The summed E-state index contributed by atoms with van der Waals surface area (Å²) in [6, 6.07) is 4.31. The Kier molecular flexibility index (Phi) is 3.82. The van der Waals surface area contributed by atoms with Crippen molar-refractivity contribution < 1.29 is 13.9 Å². The number of nitrogens with one attached hydrogen (secondary N) is 1. The third kappa shape index (κ3) is 2.73. The van der Waals surface area contributed by atoms with Gasteiger partial charge in [0.05, 0.1) is 17.8 Å². The number of rotatable bonds is 3. The van der Waals surface area contributed by atoms with Gasteiger partial charge in [0.25, 0.3) is 5.91 Å². The number of carbonyl (C=O) groups is 1. The number of nitrogen functional groups attached to an aromatic ring is 1. The molecule has 0 saturated carbocycles. The molecule has 1 aromatic heterocycles. The van der Waals surface area contributed by atoms with Gasteiger partial charge in [-0.3, -0.25) is 4.79 Å². The van der Waals surface area contributed by atoms with E-state index < -0.39 is 0 Å². The van der Waals surface area contributed by atoms with Gasteiger partial charge in [0, 0.05) is 16.7 Å². The molecule has 3 rings (SSSR count). The van der Waals surface area contributed by atoms with E-state index in [4.69, 9.17) is 10.5 Å². The van der Waals surface area contributed by atoms with Crippen LogP contribution >= 0.6 is 11.3 Å². The highest BCUT2D eigenvalue weighted by Crippen LogP contribution is 2.34. The van der Waals surface area contributed by atoms with Crippen molar-refractivity contribution in [1.29, 1.82) is 0 Å². The van der Waals surface area contributed by atoms with Gasteiger partial charge in [-0.25, -0.2) is 4.39 Å². The van der Waals surface area contributed by atoms with Gasteiger partial charge in [0.1, 0.15) is 10.7 Å². The molecule has 4 nitrogen and oxygen atoms in total. The van der Waals surface area contributed by atoms with Crippen molar-refractivity contribution in [2.75, 3.05) is 12.3 Å². The summed E-state index contributed by atoms with van der Waals surface area (Å²) in [5.41, 5.74) is 6.33. The number of anilines is 1. The van der Waals surface area contributed by atoms with Crippen molar-refractivity contribution in [3.05, 3.63) is 28.9 Å². The smallest absolute Gasteiger partial charge is 0.263 e. The number of halogens is 1. The van der Waals surface area contributed by atoms with E-state index in [0.29, 0.717) is 16.0 Å². The lowest BCUT2D eigenvalue weighted by atomic mass is 10.1. The van der Waals surface area contributed by atoms with Crippen LogP contribution in [0.1, 0.15) is 29.4 Å². The van der Waals surface area contributed by atoms with Crippen LogP contribution in [0.2, 0.25) is 0 Å². The Labute approximate surface area is 126 Å². The van der Waals surface area contributed by atoms with Gasteiger partial charge in [-0.05, 0) is 38.0 Å². The Morgan fingerprint density at radius 2 is 2.38 bits per heavy atom. The fourth-order valence-electron chi connectivity index (χ4n) is 2.62. The molecule has 0 bridgehead atoms. The SMILES string of the molecule is CC(NC(=O)c1sc2ccc(F)cc2c1N)C1CCCO1. The highest BCUT2D eigenvalue weighted by atomic mass is 32.1. The molecular formula is C15H17FN2O2S. The van der Waals surface area contributed by atoms with Crippen LogP contribution in [-0.2, 0) is 4.74 Å². The molecule has 1 saturated heterocycles. The number of thiophene rings is 1. The van der Waals surface area contributed by atoms with Crippen molar-refractivity contribution in [2.24, 2.45) is 0 Å². The molecule has 0 spiro atoms. The molecule has 1 aliphatic rings. The minimum atomic E-state index is -0.355. The zero-order valence-corrected chi connectivity index (χ0v) is 12.5. The molecule has 1 aromatic carbocycles. The van der Waals surface area contributed by atoms with Gasteiger partial charge in [0.2, 0.25) is 0 Å². The van der Waals surface area contributed by atoms with E-state index in [0.717, 1.165) is 24.1 Å². The van der Waals surface area contributed by atoms with E-state index in [1.165, 1.54) is 23.5 Å². The molecule has 0 aliphatic carbocycles. The molecule has 1 amide bonds. The molecule has 1 fully saturated rings. The number of hydrogen-bond acceptors (Lipinski definition) is 4. The molecule has 21 heavy (non-hydrogen) atoms. The molecule has 1 aliphatic heterocycles. The number of hydrogen-bond donors (Lipinski definition) is 2. The van der Waals surface area contributed by atoms with Crippen LogP contribution in [0.3, 0.4) is 0 Å². The third-order valence-corrected chi connectivity index (χ3v) is 4.96. The first-order valence-electron chi connectivity index (χ1n) is 6.96. The maximum Gasteiger partial charge on any atom is 0.263 e. The number of fused-ring (bicyclic) bond motifs is 1. The summed E-state index contributed by atoms with van der Waals surface area (Å²) in [5.74, 6) is -0.580. The van der Waals surface area contributed by atoms with E-state index in [-0.39, 0.29) is 23.9 Å². The zero-order chi connectivity index (χ0) is 15.0. The van der Waals surface area contributed by atoms with Crippen LogP contribution in [0.15, 0.2) is 18.2 Å². The number of benzene rings is 1. The monoisotopic (exact) mass is 308 g/mol. The van der Waals surface area contributed by atoms with Crippen molar-refractivity contribution in [1.82, 2.24) is 5.32 Å². The van der Waals surface area contributed by atoms with Crippen LogP contribution in [-0.4, -0.2) is 24.7 Å². The van der Waals surface area contributed by atoms with Gasteiger partial charge in [-0.1, -0.05) is 0 Å². The molecule has 2 aromatic rings. The average molecular weight is 308 g/mol. The van der Waals surface area contributed by atoms with Crippen molar-refractivity contribution >= 4 is 33.0 Å². The molecule has 2 heterocycles. The zero-order valence-electron chi connectivity index (χ0n) is 11.7. The van der Waals surface area contributed by atoms with Crippen LogP contribution in [0.5, 0.6) is 0 Å². The first kappa shape index (κ1) is 14.3. The first-order chi connectivity index (χ1) is 10.1. The van der Waals surface area contributed by atoms with Crippen LogP contribution in [0, 0.1) is 5.82 Å². The summed E-state index contributed by atoms with van der Waals surface area (Å²) < 4.78 is 19.6. The van der Waals surface area contributed by atoms with E-state index in [2.05, 4.69) is 5.32 Å². The van der Waals surface area contributed by atoms with Gasteiger partial charge >= 0.3 is 0 Å². The molecule has 3 N–H and O–H groups in total. The van der Waals surface area contributed by atoms with E-state index >= 15 is 0 Å². The van der Waals surface area contributed by atoms with Crippen LogP contribution in [0.4, 0.5) is 10.1 Å². The Hall–Kier alpha value is -1.66. The summed E-state index contributed by atoms with van der Waals surface area (Å²) in [5, 5.41) is 3.52. The summed E-state index contributed by atoms with van der Waals surface area (Å²) >= 11 is 1.28. The second-order valence-electron chi connectivity index (χ2n) is 5.30. The molecule has 2 unspecified atom stereocenters. The number of amides is 1. The van der Waals surface area contributed by atoms with Gasteiger partial charge in [0.15, 0.2) is 0 Å². The summed E-state index contributed by atoms with van der Waals surface area (Å²) in [4.78, 5) is 12.8. The van der Waals surface area contributed by atoms with Gasteiger partial charge in [-0.2, -0.15) is 0 Å². The highest BCUT2D eigenvalue weighted by molar-refractivity contribution is 7.21. The second-order valence-corrected chi connectivity index (χ2v) is 6.35. The number of nitrogens with two attached hydrogens (primary N) is 1. The standard InChI is InChI=1S/C15H17FN2O2S/c1-8(11-3-2-6-20-11)18-15(19)14-13(17)10-7-9(16)4-5-12(10)21-14/h4-5,7-8,11H,2-3,6,17H2,1H3,(H,18,19). The maximum absolute atomic E-state index is 13.3. The maximum atomic E-state index is 13.3. The van der Waals surface area contributed by atoms with Gasteiger partial charge < -0.3 is 15.8 Å². The minimum absolute atomic E-state index is 0.0574. The lowest BCUT2D eigenvalue weighted by molar-refractivity contribution is 0.0715. The molecular weight excluding hydrogens is 291 g/mol. The Morgan fingerprint density at radius 1 is 1.57 bits per heavy atom. The predicted molar refractivity (Wildman–Crippen MR) is 82.1 cm³/mol. The second kappa shape index (κ2) is 5.61. The Balaban J connectivity index is 1.82. The van der Waals surface area contributed by atoms with Crippen molar-refractivity contribution in [3.8, 4) is 0 Å². The predicted octanol–water partition coefficient (Wildman–Crippen LogP) is 2.92. The van der Waals surface area contributed by atoms with Crippen molar-refractivity contribution in [2.45, 2.75) is 31.9 Å². The Bertz CT molecular complexity index is 680. The molecule has 112 valence electrons. The minimum Gasteiger partial charge on any atom is -0.397 e. The third-order valence-electron chi connectivity index (χ3n) is 3.78. The van der Waals surface area contributed by atoms with Crippen LogP contribution < -0.4 is 11.1 Å². The van der Waals surface area contributed by atoms with Gasteiger partial charge in [-0.15, -0.1) is 11.3 Å². The summed E-state index contributed by atoms with van der Waals surface area (Å²) in [6.07, 6.45) is 2.03. The van der Waals surface area contributed by atoms with E-state index in [1.54, 1.807) is 6.07 Å².